The highest BCUT2D eigenvalue weighted by Gasteiger charge is 2.30. The van der Waals surface area contributed by atoms with Crippen LogP contribution in [0, 0.1) is 11.6 Å². The number of rotatable bonds is 2. The maximum atomic E-state index is 13.3. The van der Waals surface area contributed by atoms with E-state index < -0.39 is 11.6 Å². The number of hydrogen-bond acceptors (Lipinski definition) is 3. The summed E-state index contributed by atoms with van der Waals surface area (Å²) in [6, 6.07) is 8.48. The van der Waals surface area contributed by atoms with Gasteiger partial charge in [-0.05, 0) is 55.7 Å². The molecule has 1 N–H and O–H groups in total. The molecule has 156 valence electrons. The molecule has 0 bridgehead atoms. The van der Waals surface area contributed by atoms with Gasteiger partial charge < -0.3 is 5.32 Å². The van der Waals surface area contributed by atoms with Crippen molar-refractivity contribution in [2.24, 2.45) is 0 Å². The lowest BCUT2D eigenvalue weighted by atomic mass is 9.80. The highest BCUT2D eigenvalue weighted by atomic mass is 35.5. The topological polar surface area (TPSA) is 46.2 Å². The second kappa shape index (κ2) is 9.54. The lowest BCUT2D eigenvalue weighted by Gasteiger charge is -2.30. The fraction of sp³-hybridized carbons (Fsp3) is 0.217. The molecule has 0 saturated heterocycles. The molecular weight excluding hydrogens is 431 g/mol. The van der Waals surface area contributed by atoms with Crippen LogP contribution in [0.15, 0.2) is 59.4 Å². The molecule has 1 heterocycles. The van der Waals surface area contributed by atoms with Crippen LogP contribution in [-0.2, 0) is 4.79 Å². The normalized spacial score (nSPS) is 18.0. The summed E-state index contributed by atoms with van der Waals surface area (Å²) in [5.74, 6) is -0.897. The minimum Gasteiger partial charge on any atom is -0.362 e. The fourth-order valence-electron chi connectivity index (χ4n) is 3.52. The van der Waals surface area contributed by atoms with Gasteiger partial charge in [0.05, 0.1) is 10.0 Å². The summed E-state index contributed by atoms with van der Waals surface area (Å²) in [7, 11) is 0. The molecule has 1 aliphatic carbocycles. The molecule has 0 saturated carbocycles. The van der Waals surface area contributed by atoms with Gasteiger partial charge in [0.2, 0.25) is 0 Å². The zero-order valence-corrected chi connectivity index (χ0v) is 17.7. The van der Waals surface area contributed by atoms with Gasteiger partial charge >= 0.3 is 0 Å². The Morgan fingerprint density at radius 2 is 1.70 bits per heavy atom. The molecule has 3 nitrogen and oxygen atoms in total. The number of hydrogen-bond donors (Lipinski definition) is 1. The Hall–Kier alpha value is -2.50. The standard InChI is InChI=1S/C16H15ClFNO.C7H4ClFO/c1-9-7-11(10-5-6-13(18)12(17)8-10)16-14(19-9)3-2-4-15(16)20;8-6-3-5(4-10)1-2-7(6)9/h5-8,11,19H,2-4H2,1H3;1-4H. The molecule has 0 aromatic heterocycles. The highest BCUT2D eigenvalue weighted by Crippen LogP contribution is 2.38. The van der Waals surface area contributed by atoms with E-state index in [9.17, 15) is 18.4 Å². The Morgan fingerprint density at radius 3 is 2.33 bits per heavy atom. The molecule has 0 radical (unpaired) electrons. The van der Waals surface area contributed by atoms with Crippen molar-refractivity contribution in [3.8, 4) is 0 Å². The highest BCUT2D eigenvalue weighted by molar-refractivity contribution is 6.31. The minimum absolute atomic E-state index is 0.0235. The van der Waals surface area contributed by atoms with Crippen LogP contribution in [0.2, 0.25) is 10.0 Å². The average molecular weight is 450 g/mol. The number of dihydropyridines is 1. The molecule has 0 amide bonds. The number of Topliss-reactive ketones (excluding diaryl/α,β-unsaturated/α-hetero) is 1. The van der Waals surface area contributed by atoms with Crippen LogP contribution < -0.4 is 5.32 Å². The summed E-state index contributed by atoms with van der Waals surface area (Å²) < 4.78 is 25.7. The van der Waals surface area contributed by atoms with E-state index in [1.807, 2.05) is 13.0 Å². The molecular formula is C23H19Cl2F2NO2. The zero-order valence-electron chi connectivity index (χ0n) is 16.1. The molecule has 7 heteroatoms. The smallest absolute Gasteiger partial charge is 0.161 e. The van der Waals surface area contributed by atoms with Gasteiger partial charge in [0.25, 0.3) is 0 Å². The summed E-state index contributed by atoms with van der Waals surface area (Å²) in [6.45, 7) is 1.97. The number of nitrogens with one attached hydrogen (secondary N) is 1. The Bertz CT molecular complexity index is 1060. The van der Waals surface area contributed by atoms with E-state index in [1.165, 1.54) is 18.2 Å². The van der Waals surface area contributed by atoms with Gasteiger partial charge in [-0.25, -0.2) is 8.78 Å². The largest absolute Gasteiger partial charge is 0.362 e. The maximum Gasteiger partial charge on any atom is 0.161 e. The number of halogens is 4. The summed E-state index contributed by atoms with van der Waals surface area (Å²) in [5, 5.41) is 3.36. The Balaban J connectivity index is 0.000000216. The molecule has 1 atom stereocenters. The van der Waals surface area contributed by atoms with Crippen molar-refractivity contribution in [2.75, 3.05) is 0 Å². The summed E-state index contributed by atoms with van der Waals surface area (Å²) in [6.07, 6.45) is 4.97. The second-order valence-electron chi connectivity index (χ2n) is 7.09. The van der Waals surface area contributed by atoms with Crippen LogP contribution in [0.5, 0.6) is 0 Å². The number of ketones is 1. The van der Waals surface area contributed by atoms with Crippen LogP contribution in [0.4, 0.5) is 8.78 Å². The van der Waals surface area contributed by atoms with Crippen molar-refractivity contribution in [3.63, 3.8) is 0 Å². The summed E-state index contributed by atoms with van der Waals surface area (Å²) >= 11 is 11.2. The molecule has 4 rings (SSSR count). The Labute approximate surface area is 183 Å². The van der Waals surface area contributed by atoms with Gasteiger partial charge in [-0.2, -0.15) is 0 Å². The number of carbonyl (C=O) groups excluding carboxylic acids is 2. The molecule has 0 fully saturated rings. The first kappa shape index (κ1) is 22.2. The Morgan fingerprint density at radius 1 is 1.03 bits per heavy atom. The first-order valence-electron chi connectivity index (χ1n) is 9.37. The molecule has 2 aromatic rings. The first-order valence-corrected chi connectivity index (χ1v) is 10.1. The van der Waals surface area contributed by atoms with Crippen molar-refractivity contribution in [3.05, 3.63) is 92.2 Å². The van der Waals surface area contributed by atoms with Gasteiger partial charge in [0.15, 0.2) is 5.78 Å². The summed E-state index contributed by atoms with van der Waals surface area (Å²) in [5.41, 5.74) is 4.08. The zero-order chi connectivity index (χ0) is 21.8. The van der Waals surface area contributed by atoms with Gasteiger partial charge in [0.1, 0.15) is 17.9 Å². The quantitative estimate of drug-likeness (QED) is 0.541. The van der Waals surface area contributed by atoms with E-state index in [4.69, 9.17) is 23.2 Å². The van der Waals surface area contributed by atoms with Crippen molar-refractivity contribution >= 4 is 35.3 Å². The minimum atomic E-state index is -0.507. The van der Waals surface area contributed by atoms with Gasteiger partial charge in [-0.15, -0.1) is 0 Å². The molecule has 1 aliphatic heterocycles. The maximum absolute atomic E-state index is 13.3. The SMILES string of the molecule is CC1=CC(c2ccc(F)c(Cl)c2)C2=C(CCCC2=O)N1.O=Cc1ccc(F)c(Cl)c1. The van der Waals surface area contributed by atoms with Crippen molar-refractivity contribution in [2.45, 2.75) is 32.1 Å². The molecule has 1 unspecified atom stereocenters. The number of carbonyl (C=O) groups is 2. The number of aldehydes is 1. The van der Waals surface area contributed by atoms with E-state index in [0.717, 1.165) is 41.4 Å². The van der Waals surface area contributed by atoms with Crippen molar-refractivity contribution in [1.82, 2.24) is 5.32 Å². The van der Waals surface area contributed by atoms with Crippen LogP contribution in [-0.4, -0.2) is 12.1 Å². The van der Waals surface area contributed by atoms with Gasteiger partial charge in [-0.1, -0.05) is 35.3 Å². The lowest BCUT2D eigenvalue weighted by Crippen LogP contribution is -2.28. The monoisotopic (exact) mass is 449 g/mol. The Kier molecular flexibility index (Phi) is 7.06. The second-order valence-corrected chi connectivity index (χ2v) is 7.90. The van der Waals surface area contributed by atoms with Crippen LogP contribution in [0.3, 0.4) is 0 Å². The van der Waals surface area contributed by atoms with Crippen molar-refractivity contribution in [1.29, 1.82) is 0 Å². The van der Waals surface area contributed by atoms with Gasteiger partial charge in [0, 0.05) is 34.9 Å². The third kappa shape index (κ3) is 4.97. The summed E-state index contributed by atoms with van der Waals surface area (Å²) in [4.78, 5) is 22.3. The fourth-order valence-corrected chi connectivity index (χ4v) is 3.90. The number of benzene rings is 2. The van der Waals surface area contributed by atoms with E-state index in [2.05, 4.69) is 5.32 Å². The molecule has 2 aliphatic rings. The molecule has 0 spiro atoms. The van der Waals surface area contributed by atoms with Crippen LogP contribution in [0.25, 0.3) is 0 Å². The predicted octanol–water partition coefficient (Wildman–Crippen LogP) is 6.37. The van der Waals surface area contributed by atoms with E-state index >= 15 is 0 Å². The lowest BCUT2D eigenvalue weighted by molar-refractivity contribution is -0.116. The molecule has 2 aromatic carbocycles. The first-order chi connectivity index (χ1) is 14.3. The third-order valence-corrected chi connectivity index (χ3v) is 5.49. The number of allylic oxidation sites excluding steroid dienone is 4. The van der Waals surface area contributed by atoms with E-state index in [1.54, 1.807) is 12.1 Å². The average Bonchev–Trinajstić information content (AvgIpc) is 2.72. The van der Waals surface area contributed by atoms with E-state index in [-0.39, 0.29) is 21.7 Å². The van der Waals surface area contributed by atoms with Crippen LogP contribution >= 0.6 is 23.2 Å². The predicted molar refractivity (Wildman–Crippen MR) is 114 cm³/mol. The van der Waals surface area contributed by atoms with E-state index in [0.29, 0.717) is 18.3 Å². The third-order valence-electron chi connectivity index (χ3n) is 4.91. The van der Waals surface area contributed by atoms with Crippen molar-refractivity contribution < 1.29 is 18.4 Å². The van der Waals surface area contributed by atoms with Crippen LogP contribution in [0.1, 0.15) is 48.0 Å². The van der Waals surface area contributed by atoms with Gasteiger partial charge in [-0.3, -0.25) is 9.59 Å². The molecule has 30 heavy (non-hydrogen) atoms.